The summed E-state index contributed by atoms with van der Waals surface area (Å²) in [4.78, 5) is 15.9. The molecule has 0 radical (unpaired) electrons. The van der Waals surface area contributed by atoms with Crippen molar-refractivity contribution in [3.63, 3.8) is 0 Å². The summed E-state index contributed by atoms with van der Waals surface area (Å²) < 4.78 is 0. The van der Waals surface area contributed by atoms with Gasteiger partial charge in [-0.2, -0.15) is 0 Å². The second-order valence-corrected chi connectivity index (χ2v) is 6.91. The van der Waals surface area contributed by atoms with Gasteiger partial charge in [-0.3, -0.25) is 4.79 Å². The molecule has 0 bridgehead atoms. The summed E-state index contributed by atoms with van der Waals surface area (Å²) in [6.07, 6.45) is 1.39. The number of hydrogen-bond acceptors (Lipinski definition) is 3. The molecule has 23 heavy (non-hydrogen) atoms. The molecule has 0 saturated carbocycles. The molecular weight excluding hydrogens is 351 g/mol. The van der Waals surface area contributed by atoms with Gasteiger partial charge in [0, 0.05) is 36.0 Å². The summed E-state index contributed by atoms with van der Waals surface area (Å²) in [5, 5.41) is 6.14. The van der Waals surface area contributed by atoms with E-state index in [9.17, 15) is 4.79 Å². The number of aryl methyl sites for hydroxylation is 1. The number of piperazine rings is 1. The van der Waals surface area contributed by atoms with Crippen molar-refractivity contribution in [2.24, 2.45) is 0 Å². The molecule has 2 aromatic rings. The van der Waals surface area contributed by atoms with Crippen LogP contribution < -0.4 is 5.32 Å². The van der Waals surface area contributed by atoms with E-state index in [1.54, 1.807) is 11.3 Å². The molecule has 3 nitrogen and oxygen atoms in total. The standard InChI is InChI=1S/C17H19ClN2OS.ClH/c18-14-4-1-3-13(11-14)16-12-19-8-9-20(16)17(21)7-6-15-5-2-10-22-15;/h1-5,10-11,16,19H,6-9,12H2;1H. The molecule has 0 spiro atoms. The molecule has 2 heterocycles. The molecule has 0 aliphatic carbocycles. The minimum atomic E-state index is 0. The topological polar surface area (TPSA) is 32.3 Å². The van der Waals surface area contributed by atoms with Crippen molar-refractivity contribution in [1.29, 1.82) is 0 Å². The van der Waals surface area contributed by atoms with Gasteiger partial charge in [0.15, 0.2) is 0 Å². The Morgan fingerprint density at radius 3 is 2.96 bits per heavy atom. The maximum absolute atomic E-state index is 12.6. The van der Waals surface area contributed by atoms with Gasteiger partial charge in [0.25, 0.3) is 0 Å². The molecule has 1 fully saturated rings. The first kappa shape index (κ1) is 18.3. The van der Waals surface area contributed by atoms with Crippen molar-refractivity contribution < 1.29 is 4.79 Å². The van der Waals surface area contributed by atoms with E-state index < -0.39 is 0 Å². The predicted molar refractivity (Wildman–Crippen MR) is 98.7 cm³/mol. The van der Waals surface area contributed by atoms with E-state index in [0.717, 1.165) is 31.6 Å². The fourth-order valence-electron chi connectivity index (χ4n) is 2.84. The highest BCUT2D eigenvalue weighted by Crippen LogP contribution is 2.25. The van der Waals surface area contributed by atoms with Gasteiger partial charge < -0.3 is 10.2 Å². The zero-order valence-corrected chi connectivity index (χ0v) is 15.1. The monoisotopic (exact) mass is 370 g/mol. The van der Waals surface area contributed by atoms with Crippen LogP contribution in [0.15, 0.2) is 41.8 Å². The molecular formula is C17H20Cl2N2OS. The van der Waals surface area contributed by atoms with Gasteiger partial charge in [0.2, 0.25) is 5.91 Å². The number of carbonyl (C=O) groups excluding carboxylic acids is 1. The van der Waals surface area contributed by atoms with Gasteiger partial charge in [-0.1, -0.05) is 29.8 Å². The largest absolute Gasteiger partial charge is 0.333 e. The van der Waals surface area contributed by atoms with Crippen molar-refractivity contribution in [2.45, 2.75) is 18.9 Å². The van der Waals surface area contributed by atoms with Crippen molar-refractivity contribution >= 4 is 41.3 Å². The van der Waals surface area contributed by atoms with Crippen LogP contribution >= 0.6 is 35.3 Å². The normalized spacial score (nSPS) is 17.6. The summed E-state index contributed by atoms with van der Waals surface area (Å²) in [6, 6.07) is 12.0. The Morgan fingerprint density at radius 2 is 2.22 bits per heavy atom. The first-order chi connectivity index (χ1) is 10.7. The number of nitrogens with zero attached hydrogens (tertiary/aromatic N) is 1. The lowest BCUT2D eigenvalue weighted by atomic mass is 10.0. The van der Waals surface area contributed by atoms with Gasteiger partial charge in [0.1, 0.15) is 0 Å². The first-order valence-electron chi connectivity index (χ1n) is 7.52. The van der Waals surface area contributed by atoms with E-state index in [1.165, 1.54) is 4.88 Å². The second kappa shape index (κ2) is 8.69. The quantitative estimate of drug-likeness (QED) is 0.883. The highest BCUT2D eigenvalue weighted by molar-refractivity contribution is 7.09. The molecule has 1 aromatic heterocycles. The zero-order chi connectivity index (χ0) is 15.4. The zero-order valence-electron chi connectivity index (χ0n) is 12.7. The Morgan fingerprint density at radius 1 is 1.35 bits per heavy atom. The van der Waals surface area contributed by atoms with E-state index in [1.807, 2.05) is 35.2 Å². The maximum Gasteiger partial charge on any atom is 0.223 e. The summed E-state index contributed by atoms with van der Waals surface area (Å²) in [6.45, 7) is 2.38. The predicted octanol–water partition coefficient (Wildman–Crippen LogP) is 3.93. The lowest BCUT2D eigenvalue weighted by Gasteiger charge is -2.36. The third-order valence-electron chi connectivity index (χ3n) is 3.96. The molecule has 1 atom stereocenters. The highest BCUT2D eigenvalue weighted by atomic mass is 35.5. The molecule has 1 unspecified atom stereocenters. The van der Waals surface area contributed by atoms with Gasteiger partial charge in [-0.05, 0) is 35.6 Å². The molecule has 6 heteroatoms. The van der Waals surface area contributed by atoms with Crippen LogP contribution in [0.5, 0.6) is 0 Å². The van der Waals surface area contributed by atoms with E-state index in [-0.39, 0.29) is 24.4 Å². The van der Waals surface area contributed by atoms with Gasteiger partial charge in [0.05, 0.1) is 6.04 Å². The number of nitrogens with one attached hydrogen (secondary N) is 1. The van der Waals surface area contributed by atoms with Crippen molar-refractivity contribution in [2.75, 3.05) is 19.6 Å². The van der Waals surface area contributed by atoms with Crippen LogP contribution in [0.1, 0.15) is 22.9 Å². The van der Waals surface area contributed by atoms with Gasteiger partial charge >= 0.3 is 0 Å². The van der Waals surface area contributed by atoms with Crippen LogP contribution in [-0.4, -0.2) is 30.4 Å². The minimum Gasteiger partial charge on any atom is -0.333 e. The average Bonchev–Trinajstić information content (AvgIpc) is 3.06. The molecule has 1 N–H and O–H groups in total. The van der Waals surface area contributed by atoms with E-state index in [0.29, 0.717) is 11.4 Å². The number of thiophene rings is 1. The molecule has 124 valence electrons. The van der Waals surface area contributed by atoms with Crippen LogP contribution in [0, 0.1) is 0 Å². The SMILES string of the molecule is Cl.O=C(CCc1cccs1)N1CCNCC1c1cccc(Cl)c1. The third kappa shape index (κ3) is 4.70. The lowest BCUT2D eigenvalue weighted by Crippen LogP contribution is -2.48. The molecule has 1 saturated heterocycles. The number of carbonyl (C=O) groups is 1. The molecule has 3 rings (SSSR count). The summed E-state index contributed by atoms with van der Waals surface area (Å²) in [7, 11) is 0. The van der Waals surface area contributed by atoms with Crippen LogP contribution in [-0.2, 0) is 11.2 Å². The number of benzene rings is 1. The molecule has 1 amide bonds. The van der Waals surface area contributed by atoms with E-state index in [2.05, 4.69) is 16.8 Å². The molecule has 1 aromatic carbocycles. The Balaban J connectivity index is 0.00000192. The van der Waals surface area contributed by atoms with Crippen molar-refractivity contribution in [3.05, 3.63) is 57.2 Å². The van der Waals surface area contributed by atoms with Crippen LogP contribution in [0.3, 0.4) is 0 Å². The molecule has 1 aliphatic heterocycles. The van der Waals surface area contributed by atoms with Crippen LogP contribution in [0.4, 0.5) is 0 Å². The smallest absolute Gasteiger partial charge is 0.223 e. The molecule has 1 aliphatic rings. The average molecular weight is 371 g/mol. The number of halogens is 2. The van der Waals surface area contributed by atoms with Gasteiger partial charge in [-0.25, -0.2) is 0 Å². The highest BCUT2D eigenvalue weighted by Gasteiger charge is 2.27. The Kier molecular flexibility index (Phi) is 6.90. The number of rotatable bonds is 4. The Hall–Kier alpha value is -1.07. The lowest BCUT2D eigenvalue weighted by molar-refractivity contribution is -0.134. The Labute approximate surface area is 152 Å². The minimum absolute atomic E-state index is 0. The fourth-order valence-corrected chi connectivity index (χ4v) is 3.75. The van der Waals surface area contributed by atoms with Crippen LogP contribution in [0.2, 0.25) is 5.02 Å². The third-order valence-corrected chi connectivity index (χ3v) is 5.13. The number of hydrogen-bond donors (Lipinski definition) is 1. The van der Waals surface area contributed by atoms with Crippen molar-refractivity contribution in [1.82, 2.24) is 10.2 Å². The Bertz CT molecular complexity index is 633. The van der Waals surface area contributed by atoms with Crippen molar-refractivity contribution in [3.8, 4) is 0 Å². The van der Waals surface area contributed by atoms with E-state index in [4.69, 9.17) is 11.6 Å². The number of amides is 1. The summed E-state index contributed by atoms with van der Waals surface area (Å²) in [5.74, 6) is 0.222. The maximum atomic E-state index is 12.6. The first-order valence-corrected chi connectivity index (χ1v) is 8.78. The summed E-state index contributed by atoms with van der Waals surface area (Å²) >= 11 is 7.81. The van der Waals surface area contributed by atoms with E-state index >= 15 is 0 Å². The fraction of sp³-hybridized carbons (Fsp3) is 0.353. The second-order valence-electron chi connectivity index (χ2n) is 5.44. The van der Waals surface area contributed by atoms with Gasteiger partial charge in [-0.15, -0.1) is 23.7 Å². The summed E-state index contributed by atoms with van der Waals surface area (Å²) in [5.41, 5.74) is 1.10. The van der Waals surface area contributed by atoms with Crippen LogP contribution in [0.25, 0.3) is 0 Å².